The predicted octanol–water partition coefficient (Wildman–Crippen LogP) is 1.78. The van der Waals surface area contributed by atoms with Crippen LogP contribution in [0.4, 0.5) is 10.7 Å². The van der Waals surface area contributed by atoms with Gasteiger partial charge in [-0.3, -0.25) is 4.79 Å². The normalized spacial score (nSPS) is 11.6. The first-order valence-electron chi connectivity index (χ1n) is 5.63. The van der Waals surface area contributed by atoms with Gasteiger partial charge in [0.1, 0.15) is 9.90 Å². The number of hydrogen-bond donors (Lipinski definition) is 1. The van der Waals surface area contributed by atoms with Crippen molar-refractivity contribution in [2.45, 2.75) is 25.7 Å². The highest BCUT2D eigenvalue weighted by atomic mass is 32.2. The van der Waals surface area contributed by atoms with E-state index >= 15 is 0 Å². The zero-order valence-corrected chi connectivity index (χ0v) is 12.6. The number of rotatable bonds is 5. The van der Waals surface area contributed by atoms with E-state index in [1.807, 2.05) is 6.92 Å². The SMILES string of the molecule is CCN(C)c1sc(C(C)=O)c(N)c1S(=O)(=O)CC. The van der Waals surface area contributed by atoms with E-state index in [1.54, 1.807) is 18.9 Å². The molecule has 0 bridgehead atoms. The average Bonchev–Trinajstić information content (AvgIpc) is 2.66. The van der Waals surface area contributed by atoms with E-state index < -0.39 is 9.84 Å². The van der Waals surface area contributed by atoms with E-state index in [4.69, 9.17) is 5.73 Å². The lowest BCUT2D eigenvalue weighted by atomic mass is 10.3. The maximum Gasteiger partial charge on any atom is 0.183 e. The molecule has 1 heterocycles. The Bertz CT molecular complexity index is 561. The molecular formula is C11H18N2O3S2. The van der Waals surface area contributed by atoms with Gasteiger partial charge in [-0.25, -0.2) is 8.42 Å². The summed E-state index contributed by atoms with van der Waals surface area (Å²) in [5.41, 5.74) is 5.93. The second-order valence-corrected chi connectivity index (χ2v) is 7.17. The molecule has 1 aromatic heterocycles. The van der Waals surface area contributed by atoms with E-state index in [1.165, 1.54) is 6.92 Å². The van der Waals surface area contributed by atoms with Gasteiger partial charge in [-0.05, 0) is 6.92 Å². The summed E-state index contributed by atoms with van der Waals surface area (Å²) in [5.74, 6) is -0.239. The number of ketones is 1. The molecule has 0 aliphatic carbocycles. The zero-order chi connectivity index (χ0) is 14.1. The van der Waals surface area contributed by atoms with E-state index in [0.29, 0.717) is 16.4 Å². The van der Waals surface area contributed by atoms with Crippen molar-refractivity contribution in [3.05, 3.63) is 4.88 Å². The minimum absolute atomic E-state index is 0.0319. The molecule has 5 nitrogen and oxygen atoms in total. The second kappa shape index (κ2) is 5.27. The molecule has 7 heteroatoms. The summed E-state index contributed by atoms with van der Waals surface area (Å²) in [7, 11) is -1.65. The fourth-order valence-electron chi connectivity index (χ4n) is 1.52. The molecule has 0 aliphatic heterocycles. The van der Waals surface area contributed by atoms with Crippen molar-refractivity contribution in [2.24, 2.45) is 0 Å². The summed E-state index contributed by atoms with van der Waals surface area (Å²) < 4.78 is 24.2. The van der Waals surface area contributed by atoms with Gasteiger partial charge >= 0.3 is 0 Å². The molecule has 0 aliphatic rings. The number of hydrogen-bond acceptors (Lipinski definition) is 6. The number of carbonyl (C=O) groups excluding carboxylic acids is 1. The summed E-state index contributed by atoms with van der Waals surface area (Å²) >= 11 is 1.14. The van der Waals surface area contributed by atoms with Gasteiger partial charge in [-0.2, -0.15) is 0 Å². The highest BCUT2D eigenvalue weighted by molar-refractivity contribution is 7.92. The number of sulfone groups is 1. The highest BCUT2D eigenvalue weighted by Gasteiger charge is 2.28. The summed E-state index contributed by atoms with van der Waals surface area (Å²) in [6.07, 6.45) is 0. The number of nitrogens with zero attached hydrogens (tertiary/aromatic N) is 1. The second-order valence-electron chi connectivity index (χ2n) is 3.95. The van der Waals surface area contributed by atoms with E-state index in [2.05, 4.69) is 0 Å². The number of nitrogens with two attached hydrogens (primary N) is 1. The molecule has 0 saturated carbocycles. The summed E-state index contributed by atoms with van der Waals surface area (Å²) in [5, 5.41) is 0.544. The number of anilines is 2. The third-order valence-electron chi connectivity index (χ3n) is 2.71. The number of nitrogen functional groups attached to an aromatic ring is 1. The Morgan fingerprint density at radius 1 is 1.39 bits per heavy atom. The molecule has 2 N–H and O–H groups in total. The molecule has 0 radical (unpaired) electrons. The summed E-state index contributed by atoms with van der Waals surface area (Å²) in [4.78, 5) is 13.7. The first-order chi connectivity index (χ1) is 8.26. The van der Waals surface area contributed by atoms with Gasteiger partial charge in [0.25, 0.3) is 0 Å². The van der Waals surface area contributed by atoms with Gasteiger partial charge in [0.05, 0.1) is 16.3 Å². The van der Waals surface area contributed by atoms with E-state index in [9.17, 15) is 13.2 Å². The molecule has 0 saturated heterocycles. The van der Waals surface area contributed by atoms with Crippen molar-refractivity contribution < 1.29 is 13.2 Å². The summed E-state index contributed by atoms with van der Waals surface area (Å²) in [6, 6.07) is 0. The molecule has 1 rings (SSSR count). The molecule has 102 valence electrons. The zero-order valence-electron chi connectivity index (χ0n) is 11.0. The Morgan fingerprint density at radius 2 is 1.94 bits per heavy atom. The fraction of sp³-hybridized carbons (Fsp3) is 0.545. The molecule has 0 amide bonds. The largest absolute Gasteiger partial charge is 0.396 e. The van der Waals surface area contributed by atoms with Crippen LogP contribution in [0.25, 0.3) is 0 Å². The van der Waals surface area contributed by atoms with Crippen LogP contribution in [0.2, 0.25) is 0 Å². The lowest BCUT2D eigenvalue weighted by Gasteiger charge is -2.16. The lowest BCUT2D eigenvalue weighted by Crippen LogP contribution is -2.18. The molecule has 0 unspecified atom stereocenters. The van der Waals surface area contributed by atoms with Crippen LogP contribution in [-0.4, -0.2) is 33.5 Å². The average molecular weight is 290 g/mol. The third-order valence-corrected chi connectivity index (χ3v) is 6.06. The predicted molar refractivity (Wildman–Crippen MR) is 75.4 cm³/mol. The van der Waals surface area contributed by atoms with Gasteiger partial charge < -0.3 is 10.6 Å². The van der Waals surface area contributed by atoms with Crippen molar-refractivity contribution in [1.29, 1.82) is 0 Å². The van der Waals surface area contributed by atoms with Crippen LogP contribution in [0.3, 0.4) is 0 Å². The van der Waals surface area contributed by atoms with Crippen molar-refractivity contribution >= 4 is 37.6 Å². The van der Waals surface area contributed by atoms with E-state index in [0.717, 1.165) is 11.3 Å². The molecule has 1 aromatic rings. The van der Waals surface area contributed by atoms with Gasteiger partial charge in [0.2, 0.25) is 0 Å². The Morgan fingerprint density at radius 3 is 2.33 bits per heavy atom. The van der Waals surface area contributed by atoms with Crippen molar-refractivity contribution in [3.63, 3.8) is 0 Å². The van der Waals surface area contributed by atoms with Crippen LogP contribution in [-0.2, 0) is 9.84 Å². The van der Waals surface area contributed by atoms with Gasteiger partial charge in [-0.15, -0.1) is 11.3 Å². The van der Waals surface area contributed by atoms with Crippen LogP contribution >= 0.6 is 11.3 Å². The Balaban J connectivity index is 3.61. The maximum atomic E-state index is 12.1. The monoisotopic (exact) mass is 290 g/mol. The first kappa shape index (κ1) is 15.0. The van der Waals surface area contributed by atoms with Crippen LogP contribution in [0, 0.1) is 0 Å². The minimum atomic E-state index is -3.44. The highest BCUT2D eigenvalue weighted by Crippen LogP contribution is 2.41. The minimum Gasteiger partial charge on any atom is -0.396 e. The standard InChI is InChI=1S/C11H18N2O3S2/c1-5-13(4)11-10(18(15,16)6-2)8(12)9(17-11)7(3)14/h5-6,12H2,1-4H3. The topological polar surface area (TPSA) is 80.5 Å². The van der Waals surface area contributed by atoms with E-state index in [-0.39, 0.29) is 22.1 Å². The van der Waals surface area contributed by atoms with Gasteiger partial charge in [0, 0.05) is 20.5 Å². The number of thiophene rings is 1. The number of Topliss-reactive ketones (excluding diaryl/α,β-unsaturated/α-hetero) is 1. The Kier molecular flexibility index (Phi) is 4.39. The summed E-state index contributed by atoms with van der Waals surface area (Å²) in [6.45, 7) is 5.51. The third kappa shape index (κ3) is 2.51. The van der Waals surface area contributed by atoms with Crippen LogP contribution in [0.5, 0.6) is 0 Å². The van der Waals surface area contributed by atoms with Crippen molar-refractivity contribution in [1.82, 2.24) is 0 Å². The van der Waals surface area contributed by atoms with Crippen molar-refractivity contribution in [3.8, 4) is 0 Å². The Hall–Kier alpha value is -1.08. The molecule has 0 aromatic carbocycles. The van der Waals surface area contributed by atoms with Gasteiger partial charge in [-0.1, -0.05) is 6.92 Å². The molecular weight excluding hydrogens is 272 g/mol. The van der Waals surface area contributed by atoms with Crippen LogP contribution in [0.1, 0.15) is 30.4 Å². The first-order valence-corrected chi connectivity index (χ1v) is 8.10. The maximum absolute atomic E-state index is 12.1. The molecule has 0 atom stereocenters. The number of carbonyl (C=O) groups is 1. The van der Waals surface area contributed by atoms with Crippen molar-refractivity contribution in [2.75, 3.05) is 30.0 Å². The fourth-order valence-corrected chi connectivity index (χ4v) is 4.27. The molecule has 18 heavy (non-hydrogen) atoms. The quantitative estimate of drug-likeness (QED) is 0.836. The van der Waals surface area contributed by atoms with Gasteiger partial charge in [0.15, 0.2) is 15.6 Å². The van der Waals surface area contributed by atoms with Crippen LogP contribution < -0.4 is 10.6 Å². The smallest absolute Gasteiger partial charge is 0.183 e. The van der Waals surface area contributed by atoms with Crippen LogP contribution in [0.15, 0.2) is 4.90 Å². The Labute approximate surface area is 112 Å². The lowest BCUT2D eigenvalue weighted by molar-refractivity contribution is 0.102. The molecule has 0 spiro atoms. The molecule has 0 fully saturated rings.